The number of hydrogen-bond donors (Lipinski definition) is 1. The van der Waals surface area contributed by atoms with Crippen LogP contribution in [0.4, 0.5) is 5.69 Å². The zero-order valence-corrected chi connectivity index (χ0v) is 11.3. The molecule has 2 N–H and O–H groups in total. The van der Waals surface area contributed by atoms with E-state index in [2.05, 4.69) is 62.4 Å². The maximum Gasteiger partial charge on any atom is 0.0396 e. The molecule has 0 heterocycles. The van der Waals surface area contributed by atoms with Gasteiger partial charge in [0, 0.05) is 11.3 Å². The van der Waals surface area contributed by atoms with Gasteiger partial charge in [0.1, 0.15) is 0 Å². The summed E-state index contributed by atoms with van der Waals surface area (Å²) < 4.78 is 0. The van der Waals surface area contributed by atoms with E-state index in [0.29, 0.717) is 0 Å². The van der Waals surface area contributed by atoms with Crippen LogP contribution in [0.25, 0.3) is 21.9 Å². The van der Waals surface area contributed by atoms with E-state index in [1.54, 1.807) is 0 Å². The predicted octanol–water partition coefficient (Wildman–Crippen LogP) is 4.71. The summed E-state index contributed by atoms with van der Waals surface area (Å²) in [5.74, 6) is 0. The van der Waals surface area contributed by atoms with Gasteiger partial charge in [-0.25, -0.2) is 0 Å². The van der Waals surface area contributed by atoms with E-state index < -0.39 is 0 Å². The van der Waals surface area contributed by atoms with E-state index in [0.717, 1.165) is 11.3 Å². The topological polar surface area (TPSA) is 26.0 Å². The minimum Gasteiger partial charge on any atom is -0.398 e. The molecule has 0 fully saturated rings. The number of hydrogen-bond acceptors (Lipinski definition) is 1. The van der Waals surface area contributed by atoms with Gasteiger partial charge in [0.25, 0.3) is 0 Å². The largest absolute Gasteiger partial charge is 0.398 e. The van der Waals surface area contributed by atoms with Crippen molar-refractivity contribution in [1.82, 2.24) is 0 Å². The molecule has 3 aromatic rings. The highest BCUT2D eigenvalue weighted by atomic mass is 14.6. The lowest BCUT2D eigenvalue weighted by Gasteiger charge is -2.12. The van der Waals surface area contributed by atoms with Crippen LogP contribution in [0.5, 0.6) is 0 Å². The fraction of sp³-hybridized carbons (Fsp3) is 0.111. The Morgan fingerprint density at radius 2 is 1.42 bits per heavy atom. The maximum atomic E-state index is 6.18. The van der Waals surface area contributed by atoms with Crippen molar-refractivity contribution in [1.29, 1.82) is 0 Å². The van der Waals surface area contributed by atoms with Crippen molar-refractivity contribution in [3.05, 3.63) is 65.7 Å². The van der Waals surface area contributed by atoms with Gasteiger partial charge in [0.15, 0.2) is 0 Å². The van der Waals surface area contributed by atoms with Gasteiger partial charge in [-0.05, 0) is 47.4 Å². The molecule has 0 aliphatic heterocycles. The van der Waals surface area contributed by atoms with Crippen molar-refractivity contribution < 1.29 is 0 Å². The van der Waals surface area contributed by atoms with Crippen LogP contribution in [0.15, 0.2) is 54.6 Å². The zero-order valence-electron chi connectivity index (χ0n) is 11.3. The minimum atomic E-state index is 0.842. The van der Waals surface area contributed by atoms with Gasteiger partial charge in [-0.3, -0.25) is 0 Å². The van der Waals surface area contributed by atoms with Crippen molar-refractivity contribution in [2.75, 3.05) is 5.73 Å². The molecule has 3 aromatic carbocycles. The Balaban J connectivity index is 2.34. The summed E-state index contributed by atoms with van der Waals surface area (Å²) in [6.07, 6.45) is 0. The van der Waals surface area contributed by atoms with Gasteiger partial charge < -0.3 is 5.73 Å². The Morgan fingerprint density at radius 1 is 0.737 bits per heavy atom. The van der Waals surface area contributed by atoms with Crippen LogP contribution >= 0.6 is 0 Å². The van der Waals surface area contributed by atoms with Crippen molar-refractivity contribution >= 4 is 16.5 Å². The van der Waals surface area contributed by atoms with Gasteiger partial charge in [0.2, 0.25) is 0 Å². The lowest BCUT2D eigenvalue weighted by atomic mass is 9.94. The molecule has 0 unspecified atom stereocenters. The first-order valence-electron chi connectivity index (χ1n) is 6.51. The third-order valence-electron chi connectivity index (χ3n) is 3.64. The highest BCUT2D eigenvalue weighted by Gasteiger charge is 2.08. The molecule has 94 valence electrons. The fourth-order valence-electron chi connectivity index (χ4n) is 2.61. The molecule has 0 saturated heterocycles. The summed E-state index contributed by atoms with van der Waals surface area (Å²) >= 11 is 0. The fourth-order valence-corrected chi connectivity index (χ4v) is 2.61. The second-order valence-electron chi connectivity index (χ2n) is 5.07. The lowest BCUT2D eigenvalue weighted by Crippen LogP contribution is -1.92. The number of fused-ring (bicyclic) bond motifs is 1. The standard InChI is InChI=1S/C18H17N/c1-12-7-9-17(18(19)11-12)16-10-8-13(2)14-5-3-4-6-15(14)16/h3-11H,19H2,1-2H3. The second-order valence-corrected chi connectivity index (χ2v) is 5.07. The number of aryl methyl sites for hydroxylation is 2. The Hall–Kier alpha value is -2.28. The molecule has 0 aliphatic carbocycles. The van der Waals surface area contributed by atoms with E-state index in [1.165, 1.54) is 27.5 Å². The van der Waals surface area contributed by atoms with Crippen LogP contribution in [0.1, 0.15) is 11.1 Å². The number of nitrogens with two attached hydrogens (primary N) is 1. The number of rotatable bonds is 1. The van der Waals surface area contributed by atoms with Crippen molar-refractivity contribution in [3.8, 4) is 11.1 Å². The SMILES string of the molecule is Cc1ccc(-c2ccc(C)c3ccccc23)c(N)c1. The number of nitrogen functional groups attached to an aromatic ring is 1. The molecule has 1 heteroatoms. The smallest absolute Gasteiger partial charge is 0.0396 e. The summed E-state index contributed by atoms with van der Waals surface area (Å²) in [5.41, 5.74) is 11.8. The average Bonchev–Trinajstić information content (AvgIpc) is 2.41. The first-order chi connectivity index (χ1) is 9.16. The van der Waals surface area contributed by atoms with Gasteiger partial charge in [-0.1, -0.05) is 48.5 Å². The Morgan fingerprint density at radius 3 is 2.16 bits per heavy atom. The molecule has 0 aliphatic rings. The molecule has 0 saturated carbocycles. The van der Waals surface area contributed by atoms with Crippen LogP contribution in [0, 0.1) is 13.8 Å². The molecule has 0 spiro atoms. The predicted molar refractivity (Wildman–Crippen MR) is 83.3 cm³/mol. The summed E-state index contributed by atoms with van der Waals surface area (Å²) in [6, 6.07) is 19.1. The van der Waals surface area contributed by atoms with E-state index in [4.69, 9.17) is 5.73 Å². The normalized spacial score (nSPS) is 10.8. The zero-order chi connectivity index (χ0) is 13.4. The van der Waals surface area contributed by atoms with Crippen molar-refractivity contribution in [3.63, 3.8) is 0 Å². The van der Waals surface area contributed by atoms with Crippen molar-refractivity contribution in [2.45, 2.75) is 13.8 Å². The Kier molecular flexibility index (Phi) is 2.75. The third-order valence-corrected chi connectivity index (χ3v) is 3.64. The monoisotopic (exact) mass is 247 g/mol. The summed E-state index contributed by atoms with van der Waals surface area (Å²) in [6.45, 7) is 4.21. The molecule has 0 amide bonds. The highest BCUT2D eigenvalue weighted by Crippen LogP contribution is 2.34. The van der Waals surface area contributed by atoms with E-state index >= 15 is 0 Å². The van der Waals surface area contributed by atoms with Crippen LogP contribution in [0.2, 0.25) is 0 Å². The molecular formula is C18H17N. The first kappa shape index (κ1) is 11.8. The van der Waals surface area contributed by atoms with Crippen LogP contribution in [-0.4, -0.2) is 0 Å². The second kappa shape index (κ2) is 4.43. The summed E-state index contributed by atoms with van der Waals surface area (Å²) in [5, 5.41) is 2.55. The molecule has 19 heavy (non-hydrogen) atoms. The quantitative estimate of drug-likeness (QED) is 0.619. The first-order valence-corrected chi connectivity index (χ1v) is 6.51. The summed E-state index contributed by atoms with van der Waals surface area (Å²) in [7, 11) is 0. The molecule has 0 radical (unpaired) electrons. The Bertz CT molecular complexity index is 757. The lowest BCUT2D eigenvalue weighted by molar-refractivity contribution is 1.47. The molecule has 0 bridgehead atoms. The molecule has 3 rings (SSSR count). The van der Waals surface area contributed by atoms with Crippen LogP contribution < -0.4 is 5.73 Å². The van der Waals surface area contributed by atoms with Crippen molar-refractivity contribution in [2.24, 2.45) is 0 Å². The van der Waals surface area contributed by atoms with Gasteiger partial charge in [-0.15, -0.1) is 0 Å². The van der Waals surface area contributed by atoms with E-state index in [1.807, 2.05) is 6.07 Å². The number of benzene rings is 3. The molecule has 0 aromatic heterocycles. The molecular weight excluding hydrogens is 230 g/mol. The number of anilines is 1. The summed E-state index contributed by atoms with van der Waals surface area (Å²) in [4.78, 5) is 0. The van der Waals surface area contributed by atoms with Gasteiger partial charge in [0.05, 0.1) is 0 Å². The van der Waals surface area contributed by atoms with Crippen LogP contribution in [-0.2, 0) is 0 Å². The average molecular weight is 247 g/mol. The maximum absolute atomic E-state index is 6.18. The third kappa shape index (κ3) is 1.97. The van der Waals surface area contributed by atoms with E-state index in [9.17, 15) is 0 Å². The molecule has 0 atom stereocenters. The van der Waals surface area contributed by atoms with Gasteiger partial charge in [-0.2, -0.15) is 0 Å². The minimum absolute atomic E-state index is 0.842. The molecule has 1 nitrogen and oxygen atoms in total. The van der Waals surface area contributed by atoms with Crippen LogP contribution in [0.3, 0.4) is 0 Å². The van der Waals surface area contributed by atoms with E-state index in [-0.39, 0.29) is 0 Å². The Labute approximate surface area is 113 Å². The highest BCUT2D eigenvalue weighted by molar-refractivity contribution is 6.00. The van der Waals surface area contributed by atoms with Gasteiger partial charge >= 0.3 is 0 Å².